The Morgan fingerprint density at radius 1 is 1.23 bits per heavy atom. The number of sulfone groups is 1. The third-order valence-electron chi connectivity index (χ3n) is 6.23. The average molecular weight is 378 g/mol. The standard InChI is InChI=1S/C18H27N5O2S/c1-23(18-16-4-5-20-17(16)21-11-22-18)14-6-13(7-14)10-26(24,25)15-3-2-12(8-15)9-19/h4-5,11-15H,2-3,6-10,19H2,1H3,(H,20,21,22)/t12-,13?,14?,15-/m0/s1. The lowest BCUT2D eigenvalue weighted by Gasteiger charge is -2.42. The van der Waals surface area contributed by atoms with Gasteiger partial charge in [-0.3, -0.25) is 0 Å². The van der Waals surface area contributed by atoms with Crippen LogP contribution >= 0.6 is 0 Å². The van der Waals surface area contributed by atoms with Crippen LogP contribution in [0.25, 0.3) is 11.0 Å². The maximum Gasteiger partial charge on any atom is 0.153 e. The Bertz CT molecular complexity index is 875. The summed E-state index contributed by atoms with van der Waals surface area (Å²) in [6.07, 6.45) is 7.73. The van der Waals surface area contributed by atoms with Gasteiger partial charge >= 0.3 is 0 Å². The van der Waals surface area contributed by atoms with Gasteiger partial charge in [-0.1, -0.05) is 0 Å². The lowest BCUT2D eigenvalue weighted by molar-refractivity contribution is 0.281. The van der Waals surface area contributed by atoms with Crippen LogP contribution in [0.15, 0.2) is 18.6 Å². The van der Waals surface area contributed by atoms with Crippen LogP contribution in [0.5, 0.6) is 0 Å². The number of nitrogens with two attached hydrogens (primary N) is 1. The summed E-state index contributed by atoms with van der Waals surface area (Å²) in [5.74, 6) is 1.87. The van der Waals surface area contributed by atoms with E-state index in [9.17, 15) is 8.42 Å². The van der Waals surface area contributed by atoms with Gasteiger partial charge in [-0.25, -0.2) is 18.4 Å². The van der Waals surface area contributed by atoms with E-state index in [1.165, 1.54) is 0 Å². The fourth-order valence-electron chi connectivity index (χ4n) is 4.50. The Hall–Kier alpha value is -1.67. The van der Waals surface area contributed by atoms with Crippen LogP contribution in [0, 0.1) is 11.8 Å². The molecule has 0 aromatic carbocycles. The topological polar surface area (TPSA) is 105 Å². The predicted molar refractivity (Wildman–Crippen MR) is 103 cm³/mol. The maximum absolute atomic E-state index is 12.7. The molecule has 142 valence electrons. The third kappa shape index (κ3) is 3.20. The Labute approximate surface area is 154 Å². The molecule has 3 N–H and O–H groups in total. The van der Waals surface area contributed by atoms with Crippen molar-refractivity contribution in [3.8, 4) is 0 Å². The molecule has 2 saturated carbocycles. The number of rotatable bonds is 6. The molecule has 4 rings (SSSR count). The second-order valence-electron chi connectivity index (χ2n) is 7.91. The molecular weight excluding hydrogens is 350 g/mol. The minimum absolute atomic E-state index is 0.172. The molecule has 2 aromatic rings. The highest BCUT2D eigenvalue weighted by Crippen LogP contribution is 2.38. The molecule has 0 unspecified atom stereocenters. The molecule has 0 saturated heterocycles. The molecule has 2 fully saturated rings. The van der Waals surface area contributed by atoms with Crippen molar-refractivity contribution in [1.29, 1.82) is 0 Å². The zero-order chi connectivity index (χ0) is 18.3. The van der Waals surface area contributed by atoms with Crippen molar-refractivity contribution in [1.82, 2.24) is 15.0 Å². The van der Waals surface area contributed by atoms with Gasteiger partial charge in [0.15, 0.2) is 9.84 Å². The molecule has 26 heavy (non-hydrogen) atoms. The van der Waals surface area contributed by atoms with Gasteiger partial charge in [0.2, 0.25) is 0 Å². The normalized spacial score (nSPS) is 29.0. The molecule has 0 bridgehead atoms. The number of hydrogen-bond donors (Lipinski definition) is 2. The van der Waals surface area contributed by atoms with Crippen molar-refractivity contribution in [2.24, 2.45) is 17.6 Å². The van der Waals surface area contributed by atoms with Crippen molar-refractivity contribution in [2.45, 2.75) is 43.4 Å². The number of H-pyrrole nitrogens is 1. The molecule has 7 nitrogen and oxygen atoms in total. The number of fused-ring (bicyclic) bond motifs is 1. The highest BCUT2D eigenvalue weighted by Gasteiger charge is 2.40. The number of hydrogen-bond acceptors (Lipinski definition) is 6. The lowest BCUT2D eigenvalue weighted by Crippen LogP contribution is -2.46. The SMILES string of the molecule is CN(c1ncnc2[nH]ccc12)C1CC(CS(=O)(=O)[C@H]2CC[C@H](CN)C2)C1. The van der Waals surface area contributed by atoms with Crippen LogP contribution in [0.2, 0.25) is 0 Å². The van der Waals surface area contributed by atoms with Crippen LogP contribution in [0.1, 0.15) is 32.1 Å². The van der Waals surface area contributed by atoms with Crippen molar-refractivity contribution >= 4 is 26.7 Å². The Morgan fingerprint density at radius 2 is 2.04 bits per heavy atom. The molecule has 0 radical (unpaired) electrons. The molecule has 0 amide bonds. The third-order valence-corrected chi connectivity index (χ3v) is 8.61. The van der Waals surface area contributed by atoms with E-state index in [4.69, 9.17) is 5.73 Å². The smallest absolute Gasteiger partial charge is 0.153 e. The summed E-state index contributed by atoms with van der Waals surface area (Å²) < 4.78 is 25.4. The molecule has 2 aliphatic rings. The molecule has 8 heteroatoms. The van der Waals surface area contributed by atoms with Gasteiger partial charge in [0.1, 0.15) is 17.8 Å². The van der Waals surface area contributed by atoms with Gasteiger partial charge < -0.3 is 15.6 Å². The van der Waals surface area contributed by atoms with Crippen molar-refractivity contribution in [3.05, 3.63) is 18.6 Å². The van der Waals surface area contributed by atoms with Crippen LogP contribution in [-0.2, 0) is 9.84 Å². The van der Waals surface area contributed by atoms with Crippen molar-refractivity contribution in [3.63, 3.8) is 0 Å². The maximum atomic E-state index is 12.7. The van der Waals surface area contributed by atoms with E-state index in [-0.39, 0.29) is 11.2 Å². The Balaban J connectivity index is 1.36. The number of aromatic nitrogens is 3. The molecule has 2 heterocycles. The summed E-state index contributed by atoms with van der Waals surface area (Å²) in [4.78, 5) is 13.9. The second-order valence-corrected chi connectivity index (χ2v) is 10.2. The van der Waals surface area contributed by atoms with Gasteiger partial charge in [-0.15, -0.1) is 0 Å². The summed E-state index contributed by atoms with van der Waals surface area (Å²) in [5, 5.41) is 0.832. The van der Waals surface area contributed by atoms with E-state index in [2.05, 4.69) is 19.9 Å². The summed E-state index contributed by atoms with van der Waals surface area (Å²) in [7, 11) is -0.973. The molecule has 2 aliphatic carbocycles. The molecular formula is C18H27N5O2S. The van der Waals surface area contributed by atoms with Crippen molar-refractivity contribution < 1.29 is 8.42 Å². The van der Waals surface area contributed by atoms with Crippen LogP contribution in [0.3, 0.4) is 0 Å². The van der Waals surface area contributed by atoms with E-state index >= 15 is 0 Å². The second kappa shape index (κ2) is 6.81. The van der Waals surface area contributed by atoms with Crippen LogP contribution in [-0.4, -0.2) is 54.0 Å². The largest absolute Gasteiger partial charge is 0.356 e. The first-order valence-corrected chi connectivity index (χ1v) is 11.1. The lowest BCUT2D eigenvalue weighted by atomic mass is 9.81. The minimum atomic E-state index is -3.01. The van der Waals surface area contributed by atoms with Gasteiger partial charge in [0.05, 0.1) is 16.4 Å². The molecule has 2 aromatic heterocycles. The number of nitrogens with one attached hydrogen (secondary N) is 1. The average Bonchev–Trinajstić information content (AvgIpc) is 3.25. The van der Waals surface area contributed by atoms with Crippen molar-refractivity contribution in [2.75, 3.05) is 24.2 Å². The summed E-state index contributed by atoms with van der Waals surface area (Å²) in [5.41, 5.74) is 6.53. The Morgan fingerprint density at radius 3 is 2.77 bits per heavy atom. The minimum Gasteiger partial charge on any atom is -0.356 e. The molecule has 0 aliphatic heterocycles. The highest BCUT2D eigenvalue weighted by molar-refractivity contribution is 7.92. The highest BCUT2D eigenvalue weighted by atomic mass is 32.2. The van der Waals surface area contributed by atoms with Gasteiger partial charge in [-0.05, 0) is 56.6 Å². The summed E-state index contributed by atoms with van der Waals surface area (Å²) >= 11 is 0. The molecule has 0 spiro atoms. The van der Waals surface area contributed by atoms with Gasteiger partial charge in [0, 0.05) is 19.3 Å². The zero-order valence-corrected chi connectivity index (χ0v) is 16.0. The Kier molecular flexibility index (Phi) is 4.64. The number of nitrogens with zero attached hydrogens (tertiary/aromatic N) is 3. The fraction of sp³-hybridized carbons (Fsp3) is 0.667. The van der Waals surface area contributed by atoms with Crippen LogP contribution < -0.4 is 10.6 Å². The zero-order valence-electron chi connectivity index (χ0n) is 15.1. The van der Waals surface area contributed by atoms with Gasteiger partial charge in [-0.2, -0.15) is 0 Å². The first-order valence-electron chi connectivity index (χ1n) is 9.40. The first kappa shape index (κ1) is 17.7. The van der Waals surface area contributed by atoms with Crippen LogP contribution in [0.4, 0.5) is 5.82 Å². The van der Waals surface area contributed by atoms with E-state index < -0.39 is 9.84 Å². The summed E-state index contributed by atoms with van der Waals surface area (Å²) in [6, 6.07) is 2.32. The summed E-state index contributed by atoms with van der Waals surface area (Å²) in [6.45, 7) is 0.606. The monoisotopic (exact) mass is 377 g/mol. The fourth-order valence-corrected chi connectivity index (χ4v) is 6.76. The van der Waals surface area contributed by atoms with Gasteiger partial charge in [0.25, 0.3) is 0 Å². The van der Waals surface area contributed by atoms with E-state index in [1.807, 2.05) is 19.3 Å². The number of anilines is 1. The van der Waals surface area contributed by atoms with E-state index in [0.717, 1.165) is 49.0 Å². The predicted octanol–water partition coefficient (Wildman–Crippen LogP) is 1.71. The quantitative estimate of drug-likeness (QED) is 0.794. The van der Waals surface area contributed by atoms with E-state index in [0.29, 0.717) is 24.3 Å². The van der Waals surface area contributed by atoms with E-state index in [1.54, 1.807) is 6.33 Å². The molecule has 2 atom stereocenters. The number of aromatic amines is 1. The first-order chi connectivity index (χ1) is 12.5.